The minimum Gasteiger partial charge on any atom is -0.465 e. The van der Waals surface area contributed by atoms with Crippen molar-refractivity contribution < 1.29 is 14.6 Å². The Balaban J connectivity index is 2.21. The van der Waals surface area contributed by atoms with E-state index >= 15 is 0 Å². The molecule has 0 radical (unpaired) electrons. The fourth-order valence-electron chi connectivity index (χ4n) is 2.72. The van der Waals surface area contributed by atoms with Crippen LogP contribution in [-0.4, -0.2) is 57.7 Å². The smallest absolute Gasteiger partial charge is 0.323 e. The molecule has 26 heavy (non-hydrogen) atoms. The van der Waals surface area contributed by atoms with E-state index in [1.165, 1.54) is 11.3 Å². The molecule has 0 aliphatic carbocycles. The van der Waals surface area contributed by atoms with Crippen molar-refractivity contribution in [2.45, 2.75) is 33.4 Å². The lowest BCUT2D eigenvalue weighted by Gasteiger charge is -2.41. The highest BCUT2D eigenvalue weighted by Gasteiger charge is 2.35. The number of halogens is 1. The predicted molar refractivity (Wildman–Crippen MR) is 97.1 cm³/mol. The number of hydrogen-bond donors (Lipinski definition) is 1. The van der Waals surface area contributed by atoms with Gasteiger partial charge in [0.1, 0.15) is 11.1 Å². The summed E-state index contributed by atoms with van der Waals surface area (Å²) < 4.78 is 5.57. The van der Waals surface area contributed by atoms with Gasteiger partial charge < -0.3 is 15.0 Å². The zero-order chi connectivity index (χ0) is 19.3. The van der Waals surface area contributed by atoms with Crippen molar-refractivity contribution in [1.82, 2.24) is 20.1 Å². The van der Waals surface area contributed by atoms with Gasteiger partial charge in [-0.25, -0.2) is 15.1 Å². The lowest BCUT2D eigenvalue weighted by atomic mass is 10.0. The molecule has 1 aromatic heterocycles. The van der Waals surface area contributed by atoms with Gasteiger partial charge in [0, 0.05) is 11.1 Å². The average molecular weight is 405 g/mol. The van der Waals surface area contributed by atoms with E-state index < -0.39 is 11.1 Å². The van der Waals surface area contributed by atoms with Gasteiger partial charge in [-0.3, -0.25) is 9.69 Å². The molecule has 12 heteroatoms. The van der Waals surface area contributed by atoms with Crippen LogP contribution in [0.25, 0.3) is 0 Å². The third-order valence-corrected chi connectivity index (χ3v) is 4.79. The maximum Gasteiger partial charge on any atom is 0.323 e. The Bertz CT molecular complexity index is 682. The van der Waals surface area contributed by atoms with E-state index in [1.54, 1.807) is 18.0 Å². The molecule has 0 unspecified atom stereocenters. The van der Waals surface area contributed by atoms with Gasteiger partial charge in [-0.05, 0) is 12.8 Å². The third kappa shape index (κ3) is 5.26. The molecule has 0 amide bonds. The van der Waals surface area contributed by atoms with Crippen LogP contribution in [0.4, 0.5) is 0 Å². The maximum absolute atomic E-state index is 12.3. The van der Waals surface area contributed by atoms with Gasteiger partial charge in [0.05, 0.1) is 26.5 Å². The first-order valence-corrected chi connectivity index (χ1v) is 9.24. The number of carbonyl (C=O) groups is 1. The number of ether oxygens (including phenoxy) is 1. The lowest BCUT2D eigenvalue weighted by Crippen LogP contribution is -2.61. The van der Waals surface area contributed by atoms with Crippen molar-refractivity contribution >= 4 is 34.9 Å². The molecule has 0 aromatic carbocycles. The molecule has 1 aromatic rings. The second-order valence-electron chi connectivity index (χ2n) is 5.94. The van der Waals surface area contributed by atoms with Crippen molar-refractivity contribution in [3.63, 3.8) is 0 Å². The van der Waals surface area contributed by atoms with Crippen molar-refractivity contribution in [3.8, 4) is 0 Å². The van der Waals surface area contributed by atoms with Crippen LogP contribution in [0.1, 0.15) is 25.6 Å². The quantitative estimate of drug-likeness (QED) is 0.413. The highest BCUT2D eigenvalue weighted by atomic mass is 35.5. The van der Waals surface area contributed by atoms with Crippen LogP contribution in [-0.2, 0) is 16.1 Å². The molecule has 0 bridgehead atoms. The summed E-state index contributed by atoms with van der Waals surface area (Å²) in [5, 5.41) is 16.4. The van der Waals surface area contributed by atoms with E-state index in [0.29, 0.717) is 17.6 Å². The first-order chi connectivity index (χ1) is 12.3. The summed E-state index contributed by atoms with van der Waals surface area (Å²) in [5.41, 5.74) is 0. The predicted octanol–water partition coefficient (Wildman–Crippen LogP) is 1.55. The third-order valence-electron chi connectivity index (χ3n) is 3.69. The topological polar surface area (TPSA) is 113 Å². The molecule has 0 spiro atoms. The van der Waals surface area contributed by atoms with Crippen molar-refractivity contribution in [1.29, 1.82) is 0 Å². The van der Waals surface area contributed by atoms with E-state index in [4.69, 9.17) is 16.3 Å². The fraction of sp³-hybridized carbons (Fsp3) is 0.643. The van der Waals surface area contributed by atoms with Crippen LogP contribution in [0.3, 0.4) is 0 Å². The Hall–Kier alpha value is -1.98. The highest BCUT2D eigenvalue weighted by molar-refractivity contribution is 7.15. The number of hydrogen-bond acceptors (Lipinski definition) is 7. The Morgan fingerprint density at radius 3 is 2.88 bits per heavy atom. The minimum atomic E-state index is -0.754. The molecule has 1 aliphatic heterocycles. The summed E-state index contributed by atoms with van der Waals surface area (Å²) in [4.78, 5) is 31.5. The minimum absolute atomic E-state index is 0.00422. The van der Waals surface area contributed by atoms with Gasteiger partial charge in [0.2, 0.25) is 0 Å². The van der Waals surface area contributed by atoms with Crippen molar-refractivity contribution in [3.05, 3.63) is 25.7 Å². The number of carbonyl (C=O) groups excluding carboxylic acids is 1. The standard InChI is InChI=1S/C14H21ClN6O4S/c1-4-25-12(22)11(9(2)3)20-7-17-14(18-21(23)24)19(8-20)6-10-5-16-13(15)26-10/h5,9,11H,4,6-8H2,1-3H3,(H,17,18)/t11-/m0/s1. The maximum atomic E-state index is 12.3. The molecule has 0 saturated carbocycles. The molecular formula is C14H21ClN6O4S. The van der Waals surface area contributed by atoms with Crippen molar-refractivity contribution in [2.24, 2.45) is 11.0 Å². The molecular weight excluding hydrogens is 384 g/mol. The fourth-order valence-corrected chi connectivity index (χ4v) is 3.72. The molecule has 2 rings (SSSR count). The number of aromatic nitrogens is 1. The molecule has 1 fully saturated rings. The number of nitro groups is 1. The van der Waals surface area contributed by atoms with Gasteiger partial charge >= 0.3 is 5.97 Å². The number of nitrogens with zero attached hydrogens (tertiary/aromatic N) is 5. The molecule has 1 N–H and O–H groups in total. The van der Waals surface area contributed by atoms with Crippen LogP contribution in [0, 0.1) is 16.0 Å². The van der Waals surface area contributed by atoms with E-state index in [-0.39, 0.29) is 31.2 Å². The van der Waals surface area contributed by atoms with Crippen LogP contribution >= 0.6 is 22.9 Å². The van der Waals surface area contributed by atoms with Crippen LogP contribution in [0.2, 0.25) is 4.47 Å². The summed E-state index contributed by atoms with van der Waals surface area (Å²) in [5.74, 6) is -0.188. The monoisotopic (exact) mass is 404 g/mol. The zero-order valence-corrected chi connectivity index (χ0v) is 16.3. The average Bonchev–Trinajstić information content (AvgIpc) is 2.94. The SMILES string of the molecule is CCOC(=O)[C@H](C(C)C)N1CN/C(=N\[N+](=O)[O-])N(Cc2cnc(Cl)s2)C1. The number of guanidine groups is 1. The summed E-state index contributed by atoms with van der Waals surface area (Å²) in [6.07, 6.45) is 1.61. The van der Waals surface area contributed by atoms with Crippen LogP contribution in [0.15, 0.2) is 11.3 Å². The number of esters is 1. The van der Waals surface area contributed by atoms with Crippen LogP contribution < -0.4 is 5.32 Å². The van der Waals surface area contributed by atoms with E-state index in [2.05, 4.69) is 15.4 Å². The van der Waals surface area contributed by atoms with Gasteiger partial charge in [0.15, 0.2) is 9.50 Å². The number of thiazole rings is 1. The van der Waals surface area contributed by atoms with E-state index in [0.717, 1.165) is 4.88 Å². The summed E-state index contributed by atoms with van der Waals surface area (Å²) in [6, 6.07) is -0.479. The van der Waals surface area contributed by atoms with E-state index in [9.17, 15) is 14.9 Å². The lowest BCUT2D eigenvalue weighted by molar-refractivity contribution is -0.486. The molecule has 1 saturated heterocycles. The largest absolute Gasteiger partial charge is 0.465 e. The Kier molecular flexibility index (Phi) is 7.12. The normalized spacial score (nSPS) is 18.0. The summed E-state index contributed by atoms with van der Waals surface area (Å²) in [6.45, 7) is 6.75. The Morgan fingerprint density at radius 1 is 1.62 bits per heavy atom. The molecule has 144 valence electrons. The first kappa shape index (κ1) is 20.3. The zero-order valence-electron chi connectivity index (χ0n) is 14.7. The van der Waals surface area contributed by atoms with Gasteiger partial charge in [0.25, 0.3) is 5.96 Å². The second kappa shape index (κ2) is 9.10. The van der Waals surface area contributed by atoms with E-state index in [1.807, 2.05) is 18.7 Å². The Morgan fingerprint density at radius 2 is 2.35 bits per heavy atom. The Labute approximate surface area is 159 Å². The number of nitrogens with one attached hydrogen (secondary N) is 1. The first-order valence-electron chi connectivity index (χ1n) is 8.04. The molecule has 2 heterocycles. The second-order valence-corrected chi connectivity index (χ2v) is 7.64. The molecule has 10 nitrogen and oxygen atoms in total. The number of hydrazone groups is 1. The van der Waals surface area contributed by atoms with Gasteiger partial charge in [-0.15, -0.1) is 11.3 Å². The number of rotatable bonds is 7. The summed E-state index contributed by atoms with van der Waals surface area (Å²) in [7, 11) is 0. The molecule has 1 aliphatic rings. The molecule has 1 atom stereocenters. The van der Waals surface area contributed by atoms with Crippen molar-refractivity contribution in [2.75, 3.05) is 19.9 Å². The highest BCUT2D eigenvalue weighted by Crippen LogP contribution is 2.22. The summed E-state index contributed by atoms with van der Waals surface area (Å²) >= 11 is 7.14. The van der Waals surface area contributed by atoms with Gasteiger partial charge in [-0.1, -0.05) is 25.4 Å². The van der Waals surface area contributed by atoms with Gasteiger partial charge in [-0.2, -0.15) is 0 Å². The van der Waals surface area contributed by atoms with Crippen LogP contribution in [0.5, 0.6) is 0 Å².